The Hall–Kier alpha value is -5.50. The van der Waals surface area contributed by atoms with E-state index in [1.807, 2.05) is 30.3 Å². The number of likely N-dealkylation sites (tertiary alicyclic amines) is 1. The molecule has 16 nitrogen and oxygen atoms in total. The molecule has 2 aromatic rings. The third-order valence-electron chi connectivity index (χ3n) is 7.93. The van der Waals surface area contributed by atoms with E-state index in [1.54, 1.807) is 32.9 Å². The number of phenolic OH excluding ortho intramolecular Hbond substituents is 1. The zero-order valence-electron chi connectivity index (χ0n) is 29.4. The number of nitrogens with zero attached hydrogens (tertiary/aromatic N) is 4. The minimum Gasteiger partial charge on any atom is -0.508 e. The number of methoxy groups -OCH3 is 1. The van der Waals surface area contributed by atoms with Crippen LogP contribution in [0.4, 0.5) is 9.59 Å². The lowest BCUT2D eigenvalue weighted by Gasteiger charge is -2.29. The number of hydrogen-bond acceptors (Lipinski definition) is 10. The number of rotatable bonds is 16. The maximum absolute atomic E-state index is 14.0. The van der Waals surface area contributed by atoms with Gasteiger partial charge in [0, 0.05) is 18.0 Å². The number of aromatic hydroxyl groups is 1. The Morgan fingerprint density at radius 3 is 2.31 bits per heavy atom. The fourth-order valence-electron chi connectivity index (χ4n) is 5.43. The van der Waals surface area contributed by atoms with Gasteiger partial charge in [0.05, 0.1) is 13.2 Å². The second kappa shape index (κ2) is 19.6. The van der Waals surface area contributed by atoms with Crippen LogP contribution in [0, 0.1) is 0 Å². The van der Waals surface area contributed by atoms with Crippen LogP contribution in [0.5, 0.6) is 5.75 Å². The van der Waals surface area contributed by atoms with Crippen LogP contribution in [0.1, 0.15) is 64.0 Å². The molecule has 0 radical (unpaired) electrons. The minimum absolute atomic E-state index is 0.0492. The molecule has 0 saturated carbocycles. The molecule has 1 heterocycles. The fourth-order valence-corrected chi connectivity index (χ4v) is 5.43. The van der Waals surface area contributed by atoms with E-state index >= 15 is 0 Å². The molecule has 0 unspecified atom stereocenters. The fraction of sp³-hybridized carbons (Fsp3) is 0.514. The number of ether oxygens (including phenoxy) is 3. The van der Waals surface area contributed by atoms with E-state index in [0.717, 1.165) is 11.1 Å². The molecule has 3 rings (SSSR count). The minimum atomic E-state index is -1.16. The Morgan fingerprint density at radius 1 is 0.961 bits per heavy atom. The van der Waals surface area contributed by atoms with E-state index in [4.69, 9.17) is 19.7 Å². The summed E-state index contributed by atoms with van der Waals surface area (Å²) in [6.07, 6.45) is -0.0308. The lowest BCUT2D eigenvalue weighted by molar-refractivity contribution is -0.152. The van der Waals surface area contributed by atoms with Gasteiger partial charge in [0.2, 0.25) is 11.8 Å². The third-order valence-corrected chi connectivity index (χ3v) is 7.93. The van der Waals surface area contributed by atoms with Crippen molar-refractivity contribution in [1.29, 1.82) is 0 Å². The van der Waals surface area contributed by atoms with Gasteiger partial charge >= 0.3 is 18.2 Å². The number of amides is 4. The Balaban J connectivity index is 1.74. The van der Waals surface area contributed by atoms with Crippen LogP contribution < -0.4 is 16.0 Å². The molecule has 51 heavy (non-hydrogen) atoms. The number of phenols is 1. The zero-order chi connectivity index (χ0) is 37.4. The molecule has 276 valence electrons. The summed E-state index contributed by atoms with van der Waals surface area (Å²) in [5.41, 5.74) is 9.78. The van der Waals surface area contributed by atoms with Crippen LogP contribution in [-0.4, -0.2) is 89.9 Å². The van der Waals surface area contributed by atoms with Gasteiger partial charge in [-0.15, -0.1) is 0 Å². The van der Waals surface area contributed by atoms with E-state index in [-0.39, 0.29) is 44.7 Å². The number of benzene rings is 2. The third kappa shape index (κ3) is 13.7. The Morgan fingerprint density at radius 2 is 1.67 bits per heavy atom. The van der Waals surface area contributed by atoms with Crippen molar-refractivity contribution in [1.82, 2.24) is 20.9 Å². The monoisotopic (exact) mass is 709 g/mol. The van der Waals surface area contributed by atoms with Gasteiger partial charge in [0.15, 0.2) is 0 Å². The van der Waals surface area contributed by atoms with Crippen LogP contribution in [0.2, 0.25) is 0 Å². The lowest BCUT2D eigenvalue weighted by atomic mass is 10.0. The molecule has 4 N–H and O–H groups in total. The molecule has 1 aliphatic rings. The summed E-state index contributed by atoms with van der Waals surface area (Å²) >= 11 is 0. The first kappa shape index (κ1) is 39.9. The summed E-state index contributed by atoms with van der Waals surface area (Å²) in [6.45, 7) is 5.32. The van der Waals surface area contributed by atoms with Gasteiger partial charge in [-0.05, 0) is 88.1 Å². The highest BCUT2D eigenvalue weighted by Gasteiger charge is 2.42. The molecule has 16 heteroatoms. The molecule has 2 aromatic carbocycles. The maximum Gasteiger partial charge on any atom is 0.408 e. The van der Waals surface area contributed by atoms with Crippen molar-refractivity contribution in [2.75, 3.05) is 20.2 Å². The summed E-state index contributed by atoms with van der Waals surface area (Å²) < 4.78 is 15.5. The number of nitrogens with one attached hydrogen (secondary N) is 3. The topological polar surface area (TPSA) is 221 Å². The number of azide groups is 1. The second-order valence-electron chi connectivity index (χ2n) is 13.1. The number of esters is 1. The van der Waals surface area contributed by atoms with Crippen molar-refractivity contribution >= 4 is 30.0 Å². The molecule has 0 aliphatic carbocycles. The summed E-state index contributed by atoms with van der Waals surface area (Å²) in [4.78, 5) is 69.6. The van der Waals surface area contributed by atoms with Gasteiger partial charge in [-0.3, -0.25) is 9.59 Å². The predicted octanol–water partition coefficient (Wildman–Crippen LogP) is 4.25. The molecule has 0 bridgehead atoms. The van der Waals surface area contributed by atoms with Crippen LogP contribution in [0.25, 0.3) is 10.4 Å². The van der Waals surface area contributed by atoms with Gasteiger partial charge in [0.25, 0.3) is 0 Å². The highest BCUT2D eigenvalue weighted by molar-refractivity contribution is 5.93. The van der Waals surface area contributed by atoms with E-state index in [0.29, 0.717) is 19.3 Å². The Kier molecular flexibility index (Phi) is 15.4. The van der Waals surface area contributed by atoms with Gasteiger partial charge in [-0.2, -0.15) is 0 Å². The molecular weight excluding hydrogens is 662 g/mol. The Labute approximate surface area is 296 Å². The quantitative estimate of drug-likeness (QED) is 0.0488. The molecule has 1 saturated heterocycles. The number of carbonyl (C=O) groups is 5. The highest BCUT2D eigenvalue weighted by Crippen LogP contribution is 2.24. The zero-order valence-corrected chi connectivity index (χ0v) is 29.4. The van der Waals surface area contributed by atoms with E-state index < -0.39 is 59.7 Å². The first-order chi connectivity index (χ1) is 24.3. The summed E-state index contributed by atoms with van der Waals surface area (Å²) in [7, 11) is 1.18. The van der Waals surface area contributed by atoms with E-state index in [9.17, 15) is 29.1 Å². The normalized spacial score (nSPS) is 16.5. The Bertz CT molecular complexity index is 1530. The molecule has 0 aromatic heterocycles. The van der Waals surface area contributed by atoms with Crippen LogP contribution in [0.3, 0.4) is 0 Å². The molecule has 1 aliphatic heterocycles. The van der Waals surface area contributed by atoms with Crippen molar-refractivity contribution < 1.29 is 43.3 Å². The first-order valence-electron chi connectivity index (χ1n) is 16.7. The van der Waals surface area contributed by atoms with Crippen molar-refractivity contribution in [2.24, 2.45) is 5.11 Å². The number of hydrogen-bond donors (Lipinski definition) is 4. The van der Waals surface area contributed by atoms with E-state index in [1.165, 1.54) is 24.1 Å². The van der Waals surface area contributed by atoms with Crippen molar-refractivity contribution in [3.8, 4) is 5.75 Å². The SMILES string of the molecule is COC(=O)[C@@H]1C[C@H](N=[N+]=[N-])CN1C(=O)[C@H](CCCCNC(=O)OCc1ccccc1)NC(=O)[C@H](CCc1ccc(O)cc1)NC(=O)OC(C)(C)C. The number of alkyl carbamates (subject to hydrolysis) is 2. The average Bonchev–Trinajstić information content (AvgIpc) is 3.52. The number of aryl methyl sites for hydroxylation is 1. The van der Waals surface area contributed by atoms with Gasteiger partial charge in [0.1, 0.15) is 36.1 Å². The highest BCUT2D eigenvalue weighted by atomic mass is 16.6. The second-order valence-corrected chi connectivity index (χ2v) is 13.1. The smallest absolute Gasteiger partial charge is 0.408 e. The van der Waals surface area contributed by atoms with Crippen molar-refractivity contribution in [3.05, 3.63) is 76.2 Å². The first-order valence-corrected chi connectivity index (χ1v) is 16.7. The molecule has 0 spiro atoms. The predicted molar refractivity (Wildman–Crippen MR) is 185 cm³/mol. The van der Waals surface area contributed by atoms with Gasteiger partial charge in [-0.1, -0.05) is 47.6 Å². The van der Waals surface area contributed by atoms with Crippen molar-refractivity contribution in [3.63, 3.8) is 0 Å². The lowest BCUT2D eigenvalue weighted by Crippen LogP contribution is -2.56. The summed E-state index contributed by atoms with van der Waals surface area (Å²) in [5, 5.41) is 21.4. The number of unbranched alkanes of at least 4 members (excludes halogenated alkanes) is 1. The maximum atomic E-state index is 14.0. The number of carbonyl (C=O) groups excluding carboxylic acids is 5. The van der Waals surface area contributed by atoms with Gasteiger partial charge < -0.3 is 40.2 Å². The summed E-state index contributed by atoms with van der Waals surface area (Å²) in [6, 6.07) is 11.6. The van der Waals surface area contributed by atoms with Crippen LogP contribution >= 0.6 is 0 Å². The van der Waals surface area contributed by atoms with Crippen LogP contribution in [-0.2, 0) is 41.6 Å². The standard InChI is InChI=1S/C35H47N7O9/c1-35(2,3)51-34(48)39-27(18-15-23-13-16-26(43)17-14-23)30(44)38-28(31(45)42-21-25(40-41-36)20-29(42)32(46)49-4)12-8-9-19-37-33(47)50-22-24-10-6-5-7-11-24/h5-7,10-11,13-14,16-17,25,27-29,43H,8-9,12,15,18-22H2,1-4H3,(H,37,47)(H,38,44)(H,39,48)/t25-,27-,28-,29-/m0/s1. The molecule has 4 atom stereocenters. The average molecular weight is 710 g/mol. The van der Waals surface area contributed by atoms with E-state index in [2.05, 4.69) is 26.0 Å². The molecular formula is C35H47N7O9. The summed E-state index contributed by atoms with van der Waals surface area (Å²) in [5.74, 6) is -1.88. The van der Waals surface area contributed by atoms with Crippen molar-refractivity contribution in [2.45, 2.75) is 95.7 Å². The van der Waals surface area contributed by atoms with Gasteiger partial charge in [-0.25, -0.2) is 14.4 Å². The van der Waals surface area contributed by atoms with Crippen LogP contribution in [0.15, 0.2) is 59.7 Å². The molecule has 4 amide bonds. The molecule has 1 fully saturated rings. The largest absolute Gasteiger partial charge is 0.508 e.